The highest BCUT2D eigenvalue weighted by atomic mass is 35.5. The number of carbonyl (C=O) groups excluding carboxylic acids is 1. The molecule has 122 valence electrons. The summed E-state index contributed by atoms with van der Waals surface area (Å²) in [4.78, 5) is 22.8. The lowest BCUT2D eigenvalue weighted by atomic mass is 10.1. The van der Waals surface area contributed by atoms with E-state index in [1.165, 1.54) is 12.1 Å². The van der Waals surface area contributed by atoms with Gasteiger partial charge in [0.15, 0.2) is 0 Å². The summed E-state index contributed by atoms with van der Waals surface area (Å²) in [6, 6.07) is 6.39. The van der Waals surface area contributed by atoms with Gasteiger partial charge in [0.1, 0.15) is 11.4 Å². The Labute approximate surface area is 138 Å². The smallest absolute Gasteiger partial charge is 0.271 e. The molecule has 6 nitrogen and oxygen atoms in total. The minimum atomic E-state index is -0.346. The molecule has 23 heavy (non-hydrogen) atoms. The monoisotopic (exact) mass is 335 g/mol. The highest BCUT2D eigenvalue weighted by Crippen LogP contribution is 2.28. The van der Waals surface area contributed by atoms with Gasteiger partial charge in [0, 0.05) is 12.6 Å². The van der Waals surface area contributed by atoms with Gasteiger partial charge in [-0.2, -0.15) is 5.10 Å². The van der Waals surface area contributed by atoms with Gasteiger partial charge in [-0.05, 0) is 49.6 Å². The molecular formula is C16H18ClN3O3. The molecule has 0 aliphatic heterocycles. The van der Waals surface area contributed by atoms with Gasteiger partial charge in [-0.3, -0.25) is 9.59 Å². The fraction of sp³-hybridized carbons (Fsp3) is 0.312. The van der Waals surface area contributed by atoms with Crippen LogP contribution in [-0.2, 0) is 6.42 Å². The number of hydrogen-bond acceptors (Lipinski definition) is 4. The van der Waals surface area contributed by atoms with Gasteiger partial charge in [-0.15, -0.1) is 0 Å². The maximum absolute atomic E-state index is 11.9. The topological polar surface area (TPSA) is 84.1 Å². The van der Waals surface area contributed by atoms with Crippen LogP contribution in [0.1, 0.15) is 28.5 Å². The van der Waals surface area contributed by atoms with Crippen LogP contribution in [0, 0.1) is 6.92 Å². The van der Waals surface area contributed by atoms with E-state index in [4.69, 9.17) is 16.3 Å². The van der Waals surface area contributed by atoms with Crippen LogP contribution >= 0.6 is 11.6 Å². The van der Waals surface area contributed by atoms with Crippen molar-refractivity contribution in [3.05, 3.63) is 56.5 Å². The first kappa shape index (κ1) is 17.0. The first-order valence-corrected chi connectivity index (χ1v) is 7.64. The molecule has 1 amide bonds. The van der Waals surface area contributed by atoms with Gasteiger partial charge in [0.05, 0.1) is 11.6 Å². The number of ether oxygens (including phenoxy) is 1. The van der Waals surface area contributed by atoms with E-state index in [9.17, 15) is 9.59 Å². The molecule has 7 heteroatoms. The van der Waals surface area contributed by atoms with Gasteiger partial charge in [-0.25, -0.2) is 5.10 Å². The van der Waals surface area contributed by atoms with Crippen molar-refractivity contribution in [2.75, 3.05) is 13.2 Å². The standard InChI is InChI=1S/C16H18ClN3O3/c1-3-23-14-8-10(2)11(9-12(14)17)6-7-18-16(22)13-4-5-15(21)20-19-13/h4-5,8-9H,3,6-7H2,1-2H3,(H,18,22)(H,20,21). The molecule has 1 aromatic carbocycles. The van der Waals surface area contributed by atoms with Crippen molar-refractivity contribution in [2.45, 2.75) is 20.3 Å². The number of rotatable bonds is 6. The van der Waals surface area contributed by atoms with E-state index in [1.54, 1.807) is 0 Å². The summed E-state index contributed by atoms with van der Waals surface area (Å²) < 4.78 is 5.44. The first-order valence-electron chi connectivity index (χ1n) is 7.27. The average molecular weight is 336 g/mol. The molecule has 2 rings (SSSR count). The van der Waals surface area contributed by atoms with Crippen LogP contribution < -0.4 is 15.6 Å². The Morgan fingerprint density at radius 2 is 2.17 bits per heavy atom. The van der Waals surface area contributed by atoms with Crippen molar-refractivity contribution in [1.29, 1.82) is 0 Å². The van der Waals surface area contributed by atoms with Gasteiger partial charge < -0.3 is 10.1 Å². The zero-order chi connectivity index (χ0) is 16.8. The molecule has 0 radical (unpaired) electrons. The van der Waals surface area contributed by atoms with Crippen molar-refractivity contribution >= 4 is 17.5 Å². The summed E-state index contributed by atoms with van der Waals surface area (Å²) in [5.74, 6) is 0.327. The molecule has 2 aromatic rings. The van der Waals surface area contributed by atoms with E-state index >= 15 is 0 Å². The van der Waals surface area contributed by atoms with Gasteiger partial charge in [0.2, 0.25) is 0 Å². The summed E-state index contributed by atoms with van der Waals surface area (Å²) in [6.07, 6.45) is 0.632. The molecule has 0 aliphatic rings. The van der Waals surface area contributed by atoms with Gasteiger partial charge in [0.25, 0.3) is 11.5 Å². The van der Waals surface area contributed by atoms with Crippen LogP contribution in [0.5, 0.6) is 5.75 Å². The maximum atomic E-state index is 11.9. The minimum absolute atomic E-state index is 0.172. The Hall–Kier alpha value is -2.34. The van der Waals surface area contributed by atoms with E-state index in [2.05, 4.69) is 15.5 Å². The fourth-order valence-electron chi connectivity index (χ4n) is 2.10. The number of H-pyrrole nitrogens is 1. The van der Waals surface area contributed by atoms with E-state index in [0.29, 0.717) is 30.3 Å². The van der Waals surface area contributed by atoms with E-state index in [-0.39, 0.29) is 17.2 Å². The van der Waals surface area contributed by atoms with E-state index in [0.717, 1.165) is 11.1 Å². The number of nitrogens with one attached hydrogen (secondary N) is 2. The molecule has 0 unspecified atom stereocenters. The summed E-state index contributed by atoms with van der Waals surface area (Å²) >= 11 is 6.18. The minimum Gasteiger partial charge on any atom is -0.492 e. The lowest BCUT2D eigenvalue weighted by Gasteiger charge is -2.12. The molecule has 1 aromatic heterocycles. The second-order valence-corrected chi connectivity index (χ2v) is 5.36. The summed E-state index contributed by atoms with van der Waals surface area (Å²) in [6.45, 7) is 4.87. The van der Waals surface area contributed by atoms with Crippen LogP contribution in [0.25, 0.3) is 0 Å². The highest BCUT2D eigenvalue weighted by molar-refractivity contribution is 6.32. The Kier molecular flexibility index (Phi) is 5.76. The summed E-state index contributed by atoms with van der Waals surface area (Å²) in [5.41, 5.74) is 1.91. The molecule has 0 bridgehead atoms. The molecule has 1 heterocycles. The predicted octanol–water partition coefficient (Wildman–Crippen LogP) is 2.10. The maximum Gasteiger partial charge on any atom is 0.271 e. The molecular weight excluding hydrogens is 318 g/mol. The lowest BCUT2D eigenvalue weighted by Crippen LogP contribution is -2.27. The first-order chi connectivity index (χ1) is 11.0. The normalized spacial score (nSPS) is 10.4. The van der Waals surface area contributed by atoms with E-state index < -0.39 is 0 Å². The number of nitrogens with zero attached hydrogens (tertiary/aromatic N) is 1. The molecule has 0 saturated carbocycles. The van der Waals surface area contributed by atoms with Crippen molar-refractivity contribution in [3.8, 4) is 5.75 Å². The summed E-state index contributed by atoms with van der Waals surface area (Å²) in [7, 11) is 0. The third-order valence-corrected chi connectivity index (χ3v) is 3.58. The second kappa shape index (κ2) is 7.78. The van der Waals surface area contributed by atoms with Crippen LogP contribution in [0.3, 0.4) is 0 Å². The third-order valence-electron chi connectivity index (χ3n) is 3.28. The Morgan fingerprint density at radius 1 is 1.39 bits per heavy atom. The molecule has 0 fully saturated rings. The van der Waals surface area contributed by atoms with Crippen molar-refractivity contribution < 1.29 is 9.53 Å². The number of aromatic nitrogens is 2. The van der Waals surface area contributed by atoms with Crippen LogP contribution in [-0.4, -0.2) is 29.3 Å². The van der Waals surface area contributed by atoms with Crippen molar-refractivity contribution in [3.63, 3.8) is 0 Å². The molecule has 2 N–H and O–H groups in total. The number of aryl methyl sites for hydroxylation is 1. The average Bonchev–Trinajstić information content (AvgIpc) is 2.52. The molecule has 0 saturated heterocycles. The van der Waals surface area contributed by atoms with Crippen molar-refractivity contribution in [1.82, 2.24) is 15.5 Å². The van der Waals surface area contributed by atoms with E-state index in [1.807, 2.05) is 26.0 Å². The number of halogens is 1. The van der Waals surface area contributed by atoms with Crippen molar-refractivity contribution in [2.24, 2.45) is 0 Å². The number of carbonyl (C=O) groups is 1. The lowest BCUT2D eigenvalue weighted by molar-refractivity contribution is 0.0948. The largest absolute Gasteiger partial charge is 0.492 e. The Balaban J connectivity index is 1.96. The summed E-state index contributed by atoms with van der Waals surface area (Å²) in [5, 5.41) is 9.22. The van der Waals surface area contributed by atoms with Crippen LogP contribution in [0.2, 0.25) is 5.02 Å². The fourth-order valence-corrected chi connectivity index (χ4v) is 2.34. The van der Waals surface area contributed by atoms with Gasteiger partial charge in [-0.1, -0.05) is 11.6 Å². The molecule has 0 atom stereocenters. The Morgan fingerprint density at radius 3 is 2.83 bits per heavy atom. The second-order valence-electron chi connectivity index (χ2n) is 4.95. The van der Waals surface area contributed by atoms with Crippen LogP contribution in [0.4, 0.5) is 0 Å². The molecule has 0 spiro atoms. The van der Waals surface area contributed by atoms with Gasteiger partial charge >= 0.3 is 0 Å². The van der Waals surface area contributed by atoms with Crippen LogP contribution in [0.15, 0.2) is 29.1 Å². The Bertz CT molecular complexity index is 738. The SMILES string of the molecule is CCOc1cc(C)c(CCNC(=O)c2ccc(=O)[nH]n2)cc1Cl. The third kappa shape index (κ3) is 4.56. The molecule has 0 aliphatic carbocycles. The highest BCUT2D eigenvalue weighted by Gasteiger charge is 2.09. The number of hydrogen-bond donors (Lipinski definition) is 2. The number of aromatic amines is 1. The zero-order valence-corrected chi connectivity index (χ0v) is 13.7. The predicted molar refractivity (Wildman–Crippen MR) is 88.3 cm³/mol. The quantitative estimate of drug-likeness (QED) is 0.846. The number of benzene rings is 1. The number of amides is 1. The zero-order valence-electron chi connectivity index (χ0n) is 13.0.